The van der Waals surface area contributed by atoms with Gasteiger partial charge >= 0.3 is 0 Å². The van der Waals surface area contributed by atoms with Crippen LogP contribution in [0.15, 0.2) is 212 Å². The van der Waals surface area contributed by atoms with Gasteiger partial charge in [0, 0.05) is 35.3 Å². The van der Waals surface area contributed by atoms with Crippen LogP contribution in [0.5, 0.6) is 0 Å². The molecule has 1 unspecified atom stereocenters. The van der Waals surface area contributed by atoms with Crippen LogP contribution in [0.4, 0.5) is 5.69 Å². The second kappa shape index (κ2) is 15.6. The topological polar surface area (TPSA) is 64.2 Å². The molecule has 0 aliphatic carbocycles. The van der Waals surface area contributed by atoms with Gasteiger partial charge in [-0.1, -0.05) is 152 Å². The van der Waals surface area contributed by atoms with Gasteiger partial charge in [-0.05, 0) is 97.7 Å². The van der Waals surface area contributed by atoms with Gasteiger partial charge in [-0.25, -0.2) is 0 Å². The maximum Gasteiger partial charge on any atom is 0.0708 e. The summed E-state index contributed by atoms with van der Waals surface area (Å²) >= 11 is 0. The minimum Gasteiger partial charge on any atom is -0.320 e. The van der Waals surface area contributed by atoms with Crippen molar-refractivity contribution in [3.05, 3.63) is 223 Å². The van der Waals surface area contributed by atoms with E-state index in [0.29, 0.717) is 0 Å². The van der Waals surface area contributed by atoms with Crippen LogP contribution < -0.4 is 5.73 Å². The highest BCUT2D eigenvalue weighted by atomic mass is 14.7. The van der Waals surface area contributed by atoms with Gasteiger partial charge in [0.15, 0.2) is 0 Å². The lowest BCUT2D eigenvalue weighted by Crippen LogP contribution is -2.12. The summed E-state index contributed by atoms with van der Waals surface area (Å²) in [6.07, 6.45) is 5.76. The molecule has 0 saturated heterocycles. The van der Waals surface area contributed by atoms with E-state index in [0.717, 1.165) is 78.3 Å². The standard InChI is InChI=1S/C52H38N4/c53-52(41-15-5-2-6-16-41)48-27-25-42(37-12-3-1-4-13-37)33-51(48)55-34-36-30-44(38-21-23-40(24-22-38)49-20-9-10-29-54-49)32-45(31-36)43-26-28-50(56-35-43)47-19-11-17-39-14-7-8-18-46(39)47/h1-35,52H,53H2/b55-34+. The zero-order chi connectivity index (χ0) is 37.7. The first-order valence-corrected chi connectivity index (χ1v) is 18.8. The molecule has 0 spiro atoms. The van der Waals surface area contributed by atoms with Crippen LogP contribution in [0.25, 0.3) is 66.7 Å². The van der Waals surface area contributed by atoms with E-state index in [-0.39, 0.29) is 6.04 Å². The van der Waals surface area contributed by atoms with E-state index >= 15 is 0 Å². The predicted octanol–water partition coefficient (Wildman–Crippen LogP) is 12.8. The quantitative estimate of drug-likeness (QED) is 0.151. The molecule has 266 valence electrons. The van der Waals surface area contributed by atoms with Crippen LogP contribution in [-0.2, 0) is 0 Å². The first kappa shape index (κ1) is 34.5. The Morgan fingerprint density at radius 3 is 1.89 bits per heavy atom. The van der Waals surface area contributed by atoms with E-state index in [1.54, 1.807) is 0 Å². The number of benzene rings is 7. The summed E-state index contributed by atoms with van der Waals surface area (Å²) in [5.74, 6) is 0. The summed E-state index contributed by atoms with van der Waals surface area (Å²) in [4.78, 5) is 14.7. The van der Waals surface area contributed by atoms with Crippen molar-refractivity contribution in [2.24, 2.45) is 10.7 Å². The number of nitrogens with zero attached hydrogens (tertiary/aromatic N) is 3. The molecule has 0 aliphatic heterocycles. The van der Waals surface area contributed by atoms with Crippen LogP contribution in [0.3, 0.4) is 0 Å². The number of hydrogen-bond acceptors (Lipinski definition) is 4. The Balaban J connectivity index is 1.13. The molecule has 4 nitrogen and oxygen atoms in total. The van der Waals surface area contributed by atoms with Gasteiger partial charge in [0.2, 0.25) is 0 Å². The van der Waals surface area contributed by atoms with Crippen LogP contribution >= 0.6 is 0 Å². The normalized spacial score (nSPS) is 11.9. The van der Waals surface area contributed by atoms with Gasteiger partial charge in [-0.3, -0.25) is 15.0 Å². The highest BCUT2D eigenvalue weighted by Crippen LogP contribution is 2.35. The summed E-state index contributed by atoms with van der Waals surface area (Å²) in [6.45, 7) is 0. The van der Waals surface area contributed by atoms with Crippen molar-refractivity contribution in [2.75, 3.05) is 0 Å². The van der Waals surface area contributed by atoms with Crippen LogP contribution in [0, 0.1) is 0 Å². The van der Waals surface area contributed by atoms with E-state index in [2.05, 4.69) is 157 Å². The fourth-order valence-corrected chi connectivity index (χ4v) is 7.31. The van der Waals surface area contributed by atoms with E-state index in [4.69, 9.17) is 15.7 Å². The molecule has 9 aromatic rings. The molecule has 2 N–H and O–H groups in total. The summed E-state index contributed by atoms with van der Waals surface area (Å²) in [5.41, 5.74) is 21.2. The second-order valence-corrected chi connectivity index (χ2v) is 13.9. The Bertz CT molecular complexity index is 2770. The van der Waals surface area contributed by atoms with Crippen molar-refractivity contribution in [1.29, 1.82) is 0 Å². The third kappa shape index (κ3) is 7.30. The van der Waals surface area contributed by atoms with Crippen molar-refractivity contribution in [3.8, 4) is 55.9 Å². The van der Waals surface area contributed by atoms with E-state index in [1.165, 1.54) is 10.8 Å². The van der Waals surface area contributed by atoms with Crippen LogP contribution in [0.2, 0.25) is 0 Å². The molecule has 4 heteroatoms. The molecule has 0 bridgehead atoms. The van der Waals surface area contributed by atoms with Gasteiger partial charge in [0.05, 0.1) is 23.1 Å². The fourth-order valence-electron chi connectivity index (χ4n) is 7.31. The molecule has 1 atom stereocenters. The average Bonchev–Trinajstić information content (AvgIpc) is 3.28. The largest absolute Gasteiger partial charge is 0.320 e. The summed E-state index contributed by atoms with van der Waals surface area (Å²) in [6, 6.07) is 66.9. The molecular formula is C52H38N4. The molecule has 0 radical (unpaired) electrons. The molecular weight excluding hydrogens is 681 g/mol. The molecule has 0 saturated carbocycles. The lowest BCUT2D eigenvalue weighted by atomic mass is 9.94. The maximum atomic E-state index is 6.93. The number of aliphatic imine (C=N–C) groups is 1. The van der Waals surface area contributed by atoms with Gasteiger partial charge in [-0.2, -0.15) is 0 Å². The smallest absolute Gasteiger partial charge is 0.0708 e. The number of fused-ring (bicyclic) bond motifs is 1. The zero-order valence-electron chi connectivity index (χ0n) is 30.7. The zero-order valence-corrected chi connectivity index (χ0v) is 30.7. The number of nitrogens with two attached hydrogens (primary N) is 1. The molecule has 56 heavy (non-hydrogen) atoms. The summed E-state index contributed by atoms with van der Waals surface area (Å²) in [5, 5.41) is 2.39. The minimum atomic E-state index is -0.334. The molecule has 7 aromatic carbocycles. The first-order chi connectivity index (χ1) is 27.7. The fraction of sp³-hybridized carbons (Fsp3) is 0.0192. The third-order valence-corrected chi connectivity index (χ3v) is 10.3. The van der Waals surface area contributed by atoms with Crippen molar-refractivity contribution in [2.45, 2.75) is 6.04 Å². The Kier molecular flexibility index (Phi) is 9.61. The first-order valence-electron chi connectivity index (χ1n) is 18.8. The van der Waals surface area contributed by atoms with E-state index in [1.807, 2.05) is 61.1 Å². The Morgan fingerprint density at radius 1 is 0.464 bits per heavy atom. The molecule has 2 aromatic heterocycles. The Hall–Kier alpha value is -7.27. The summed E-state index contributed by atoms with van der Waals surface area (Å²) < 4.78 is 0. The number of aromatic nitrogens is 2. The highest BCUT2D eigenvalue weighted by molar-refractivity contribution is 5.96. The van der Waals surface area contributed by atoms with Gasteiger partial charge in [-0.15, -0.1) is 0 Å². The molecule has 0 aliphatic rings. The second-order valence-electron chi connectivity index (χ2n) is 13.9. The lowest BCUT2D eigenvalue weighted by Gasteiger charge is -2.16. The number of hydrogen-bond donors (Lipinski definition) is 1. The van der Waals surface area contributed by atoms with E-state index in [9.17, 15) is 0 Å². The molecule has 0 fully saturated rings. The number of rotatable bonds is 9. The van der Waals surface area contributed by atoms with Crippen molar-refractivity contribution in [3.63, 3.8) is 0 Å². The van der Waals surface area contributed by atoms with Gasteiger partial charge in [0.1, 0.15) is 0 Å². The van der Waals surface area contributed by atoms with Crippen LogP contribution in [0.1, 0.15) is 22.7 Å². The van der Waals surface area contributed by atoms with Crippen molar-refractivity contribution >= 4 is 22.7 Å². The SMILES string of the molecule is NC(c1ccccc1)c1ccc(-c2ccccc2)cc1/N=C/c1cc(-c2ccc(-c3ccccn3)cc2)cc(-c2ccc(-c3cccc4ccccc34)nc2)c1. The minimum absolute atomic E-state index is 0.334. The highest BCUT2D eigenvalue weighted by Gasteiger charge is 2.15. The predicted molar refractivity (Wildman–Crippen MR) is 233 cm³/mol. The van der Waals surface area contributed by atoms with Crippen LogP contribution in [-0.4, -0.2) is 16.2 Å². The maximum absolute atomic E-state index is 6.93. The number of pyridine rings is 2. The van der Waals surface area contributed by atoms with Crippen molar-refractivity contribution in [1.82, 2.24) is 9.97 Å². The monoisotopic (exact) mass is 718 g/mol. The Morgan fingerprint density at radius 2 is 1.12 bits per heavy atom. The van der Waals surface area contributed by atoms with Crippen molar-refractivity contribution < 1.29 is 0 Å². The molecule has 2 heterocycles. The lowest BCUT2D eigenvalue weighted by molar-refractivity contribution is 0.872. The van der Waals surface area contributed by atoms with Gasteiger partial charge in [0.25, 0.3) is 0 Å². The molecule has 0 amide bonds. The van der Waals surface area contributed by atoms with E-state index < -0.39 is 0 Å². The molecule has 9 rings (SSSR count). The average molecular weight is 719 g/mol. The summed E-state index contributed by atoms with van der Waals surface area (Å²) in [7, 11) is 0. The third-order valence-electron chi connectivity index (χ3n) is 10.3. The Labute approximate surface area is 327 Å². The van der Waals surface area contributed by atoms with Gasteiger partial charge < -0.3 is 5.73 Å².